The van der Waals surface area contributed by atoms with E-state index in [9.17, 15) is 9.59 Å². The number of ether oxygens (including phenoxy) is 4. The van der Waals surface area contributed by atoms with Gasteiger partial charge in [-0.1, -0.05) is 42.0 Å². The Labute approximate surface area is 156 Å². The Kier molecular flexibility index (Phi) is 5.45. The van der Waals surface area contributed by atoms with Crippen LogP contribution < -0.4 is 9.47 Å². The molecule has 6 nitrogen and oxygen atoms in total. The third kappa shape index (κ3) is 3.79. The Morgan fingerprint density at radius 3 is 1.74 bits per heavy atom. The SMILES string of the molecule is COC(=O)COc1c2ccccc2c(OCC(=O)OC)c2cc(C)ccc12. The number of carbonyl (C=O) groups is 2. The fourth-order valence-electron chi connectivity index (χ4n) is 2.90. The predicted molar refractivity (Wildman–Crippen MR) is 101 cm³/mol. The zero-order valence-electron chi connectivity index (χ0n) is 15.4. The van der Waals surface area contributed by atoms with E-state index in [0.717, 1.165) is 27.1 Å². The maximum atomic E-state index is 11.6. The minimum absolute atomic E-state index is 0.202. The summed E-state index contributed by atoms with van der Waals surface area (Å²) in [6, 6.07) is 13.3. The van der Waals surface area contributed by atoms with Crippen molar-refractivity contribution in [1.82, 2.24) is 0 Å². The molecule has 27 heavy (non-hydrogen) atoms. The van der Waals surface area contributed by atoms with Gasteiger partial charge in [0.05, 0.1) is 14.2 Å². The molecule has 0 aromatic heterocycles. The average Bonchev–Trinajstić information content (AvgIpc) is 2.69. The maximum Gasteiger partial charge on any atom is 0.343 e. The third-order valence-corrected chi connectivity index (χ3v) is 4.20. The molecule has 6 heteroatoms. The summed E-state index contributed by atoms with van der Waals surface area (Å²) in [7, 11) is 2.63. The van der Waals surface area contributed by atoms with Crippen LogP contribution in [-0.2, 0) is 19.1 Å². The van der Waals surface area contributed by atoms with Gasteiger partial charge in [-0.2, -0.15) is 0 Å². The molecule has 0 aliphatic rings. The summed E-state index contributed by atoms with van der Waals surface area (Å²) >= 11 is 0. The van der Waals surface area contributed by atoms with Gasteiger partial charge in [0.15, 0.2) is 13.2 Å². The average molecular weight is 368 g/mol. The summed E-state index contributed by atoms with van der Waals surface area (Å²) in [4.78, 5) is 23.1. The Balaban J connectivity index is 2.22. The number of hydrogen-bond acceptors (Lipinski definition) is 6. The molecule has 0 unspecified atom stereocenters. The van der Waals surface area contributed by atoms with Gasteiger partial charge in [0.1, 0.15) is 11.5 Å². The summed E-state index contributed by atoms with van der Waals surface area (Å²) in [6.45, 7) is 1.56. The minimum atomic E-state index is -0.467. The Morgan fingerprint density at radius 1 is 0.741 bits per heavy atom. The highest BCUT2D eigenvalue weighted by Crippen LogP contribution is 2.43. The van der Waals surface area contributed by atoms with Gasteiger partial charge in [0.25, 0.3) is 0 Å². The number of methoxy groups -OCH3 is 2. The number of rotatable bonds is 6. The zero-order valence-corrected chi connectivity index (χ0v) is 15.4. The van der Waals surface area contributed by atoms with Gasteiger partial charge < -0.3 is 18.9 Å². The number of fused-ring (bicyclic) bond motifs is 2. The summed E-state index contributed by atoms with van der Waals surface area (Å²) in [6.07, 6.45) is 0. The van der Waals surface area contributed by atoms with Crippen LogP contribution in [0.5, 0.6) is 11.5 Å². The molecule has 0 aliphatic carbocycles. The number of benzene rings is 3. The van der Waals surface area contributed by atoms with Crippen LogP contribution in [0.2, 0.25) is 0 Å². The molecular formula is C21H20O6. The molecule has 0 bridgehead atoms. The van der Waals surface area contributed by atoms with Gasteiger partial charge in [-0.3, -0.25) is 0 Å². The lowest BCUT2D eigenvalue weighted by molar-refractivity contribution is -0.143. The predicted octanol–water partition coefficient (Wildman–Crippen LogP) is 3.41. The van der Waals surface area contributed by atoms with Crippen LogP contribution in [0.3, 0.4) is 0 Å². The van der Waals surface area contributed by atoms with E-state index in [4.69, 9.17) is 9.47 Å². The fraction of sp³-hybridized carbons (Fsp3) is 0.238. The van der Waals surface area contributed by atoms with Crippen LogP contribution >= 0.6 is 0 Å². The van der Waals surface area contributed by atoms with Crippen molar-refractivity contribution in [3.8, 4) is 11.5 Å². The summed E-state index contributed by atoms with van der Waals surface area (Å²) in [5.74, 6) is 0.202. The molecule has 0 aliphatic heterocycles. The second-order valence-electron chi connectivity index (χ2n) is 5.98. The second kappa shape index (κ2) is 7.95. The normalized spacial score (nSPS) is 10.6. The molecule has 140 valence electrons. The lowest BCUT2D eigenvalue weighted by atomic mass is 9.99. The smallest absolute Gasteiger partial charge is 0.343 e. The number of esters is 2. The van der Waals surface area contributed by atoms with Gasteiger partial charge >= 0.3 is 11.9 Å². The van der Waals surface area contributed by atoms with Gasteiger partial charge in [-0.15, -0.1) is 0 Å². The topological polar surface area (TPSA) is 71.1 Å². The largest absolute Gasteiger partial charge is 0.481 e. The van der Waals surface area contributed by atoms with E-state index in [1.807, 2.05) is 49.4 Å². The Hall–Kier alpha value is -3.28. The molecular weight excluding hydrogens is 348 g/mol. The molecule has 0 fully saturated rings. The van der Waals surface area contributed by atoms with Crippen LogP contribution in [0.1, 0.15) is 5.56 Å². The van der Waals surface area contributed by atoms with Crippen molar-refractivity contribution >= 4 is 33.5 Å². The third-order valence-electron chi connectivity index (χ3n) is 4.20. The fourth-order valence-corrected chi connectivity index (χ4v) is 2.90. The Bertz CT molecular complexity index is 1010. The molecule has 0 radical (unpaired) electrons. The van der Waals surface area contributed by atoms with Crippen LogP contribution in [0, 0.1) is 6.92 Å². The number of aryl methyl sites for hydroxylation is 1. The van der Waals surface area contributed by atoms with Crippen molar-refractivity contribution in [2.45, 2.75) is 6.92 Å². The summed E-state index contributed by atoms with van der Waals surface area (Å²) < 4.78 is 21.0. The Morgan fingerprint density at radius 2 is 1.22 bits per heavy atom. The van der Waals surface area contributed by atoms with E-state index < -0.39 is 11.9 Å². The first-order valence-electron chi connectivity index (χ1n) is 8.39. The monoisotopic (exact) mass is 368 g/mol. The van der Waals surface area contributed by atoms with Crippen molar-refractivity contribution < 1.29 is 28.5 Å². The molecule has 0 atom stereocenters. The zero-order chi connectivity index (χ0) is 19.4. The molecule has 0 heterocycles. The van der Waals surface area contributed by atoms with Crippen molar-refractivity contribution in [3.05, 3.63) is 48.0 Å². The first kappa shape index (κ1) is 18.5. The first-order valence-corrected chi connectivity index (χ1v) is 8.39. The molecule has 3 aromatic rings. The highest BCUT2D eigenvalue weighted by Gasteiger charge is 2.18. The van der Waals surface area contributed by atoms with Crippen molar-refractivity contribution in [1.29, 1.82) is 0 Å². The highest BCUT2D eigenvalue weighted by molar-refractivity contribution is 6.11. The van der Waals surface area contributed by atoms with E-state index in [0.29, 0.717) is 11.5 Å². The van der Waals surface area contributed by atoms with Crippen LogP contribution in [0.25, 0.3) is 21.5 Å². The van der Waals surface area contributed by atoms with Crippen molar-refractivity contribution in [2.75, 3.05) is 27.4 Å². The summed E-state index contributed by atoms with van der Waals surface area (Å²) in [5.41, 5.74) is 1.03. The molecule has 3 aromatic carbocycles. The van der Waals surface area contributed by atoms with Crippen molar-refractivity contribution in [2.24, 2.45) is 0 Å². The van der Waals surface area contributed by atoms with E-state index >= 15 is 0 Å². The van der Waals surface area contributed by atoms with E-state index in [1.54, 1.807) is 0 Å². The van der Waals surface area contributed by atoms with Gasteiger partial charge in [-0.25, -0.2) is 9.59 Å². The second-order valence-corrected chi connectivity index (χ2v) is 5.98. The number of carbonyl (C=O) groups excluding carboxylic acids is 2. The maximum absolute atomic E-state index is 11.6. The molecule has 0 amide bonds. The molecule has 3 rings (SSSR count). The molecule has 0 saturated heterocycles. The number of hydrogen-bond donors (Lipinski definition) is 0. The quantitative estimate of drug-likeness (QED) is 0.491. The van der Waals surface area contributed by atoms with E-state index in [1.165, 1.54) is 14.2 Å². The minimum Gasteiger partial charge on any atom is -0.481 e. The summed E-state index contributed by atoms with van der Waals surface area (Å²) in [5, 5.41) is 3.12. The van der Waals surface area contributed by atoms with E-state index in [2.05, 4.69) is 9.47 Å². The highest BCUT2D eigenvalue weighted by atomic mass is 16.6. The molecule has 0 spiro atoms. The van der Waals surface area contributed by atoms with Crippen LogP contribution in [0.4, 0.5) is 0 Å². The first-order chi connectivity index (χ1) is 13.0. The lowest BCUT2D eigenvalue weighted by Crippen LogP contribution is -2.14. The van der Waals surface area contributed by atoms with Gasteiger partial charge in [0.2, 0.25) is 0 Å². The van der Waals surface area contributed by atoms with Gasteiger partial charge in [0, 0.05) is 21.5 Å². The molecule has 0 saturated carbocycles. The van der Waals surface area contributed by atoms with Gasteiger partial charge in [-0.05, 0) is 13.0 Å². The van der Waals surface area contributed by atoms with Crippen molar-refractivity contribution in [3.63, 3.8) is 0 Å². The standard InChI is InChI=1S/C21H20O6/c1-13-8-9-16-17(10-13)21(27-12-19(23)25-3)15-7-5-4-6-14(15)20(16)26-11-18(22)24-2/h4-10H,11-12H2,1-3H3. The lowest BCUT2D eigenvalue weighted by Gasteiger charge is -2.17. The van der Waals surface area contributed by atoms with Crippen LogP contribution in [0.15, 0.2) is 42.5 Å². The van der Waals surface area contributed by atoms with Crippen LogP contribution in [-0.4, -0.2) is 39.4 Å². The molecule has 0 N–H and O–H groups in total. The van der Waals surface area contributed by atoms with E-state index in [-0.39, 0.29) is 13.2 Å².